The van der Waals surface area contributed by atoms with Crippen LogP contribution in [0.5, 0.6) is 0 Å². The molecular weight excluding hydrogens is 603 g/mol. The van der Waals surface area contributed by atoms with E-state index in [1.54, 1.807) is 12.1 Å². The van der Waals surface area contributed by atoms with Crippen molar-refractivity contribution in [1.29, 1.82) is 0 Å². The van der Waals surface area contributed by atoms with Crippen LogP contribution in [-0.2, 0) is 5.41 Å². The van der Waals surface area contributed by atoms with Gasteiger partial charge in [-0.3, -0.25) is 0 Å². The zero-order valence-electron chi connectivity index (χ0n) is 35.7. The molecule has 0 saturated heterocycles. The van der Waals surface area contributed by atoms with Crippen LogP contribution < -0.4 is 4.90 Å². The Morgan fingerprint density at radius 1 is 0.440 bits per heavy atom. The molecule has 0 unspecified atom stereocenters. The first-order chi connectivity index (χ1) is 27.9. The summed E-state index contributed by atoms with van der Waals surface area (Å²) in [6, 6.07) is 41.5. The van der Waals surface area contributed by atoms with E-state index in [0.717, 1.165) is 44.2 Å². The minimum absolute atomic E-state index is 0.114. The molecule has 1 aliphatic carbocycles. The first-order valence-electron chi connectivity index (χ1n) is 20.8. The Labute approximate surface area is 306 Å². The third kappa shape index (κ3) is 5.11. The Hall–Kier alpha value is -6.18. The summed E-state index contributed by atoms with van der Waals surface area (Å²) >= 11 is 0. The molecule has 1 aliphatic rings. The molecule has 0 N–H and O–H groups in total. The van der Waals surface area contributed by atoms with Crippen molar-refractivity contribution in [3.05, 3.63) is 199 Å². The molecule has 1 nitrogen and oxygen atoms in total. The van der Waals surface area contributed by atoms with E-state index in [4.69, 9.17) is 2.74 Å². The molecule has 0 heterocycles. The third-order valence-corrected chi connectivity index (χ3v) is 9.81. The fraction of sp³-hybridized carbons (Fsp3) is 0.0612. The second-order valence-electron chi connectivity index (χ2n) is 13.2. The van der Waals surface area contributed by atoms with Crippen LogP contribution in [0.3, 0.4) is 0 Å². The number of nitrogens with zero attached hydrogens (tertiary/aromatic N) is 1. The maximum absolute atomic E-state index is 9.85. The summed E-state index contributed by atoms with van der Waals surface area (Å²) in [7, 11) is 0. The zero-order valence-corrected chi connectivity index (χ0v) is 27.7. The summed E-state index contributed by atoms with van der Waals surface area (Å²) < 4.78 is 75.7. The Balaban J connectivity index is 1.34. The van der Waals surface area contributed by atoms with Gasteiger partial charge < -0.3 is 4.90 Å². The minimum atomic E-state index is -0.455. The molecule has 0 atom stereocenters. The van der Waals surface area contributed by atoms with Gasteiger partial charge in [-0.05, 0) is 109 Å². The van der Waals surface area contributed by atoms with Gasteiger partial charge in [0.05, 0.1) is 11.0 Å². The Morgan fingerprint density at radius 3 is 1.96 bits per heavy atom. The van der Waals surface area contributed by atoms with Gasteiger partial charge >= 0.3 is 0 Å². The standard InChI is InChI=1S/C49H37N/c1-49(2)47-24-9-8-22-45(47)46-30-29-42(33-48(46)49)50(41-20-11-19-39(32-41)44-23-12-16-36-15-6-7-21-43(36)44)40-27-25-35(26-28-40)38-18-10-17-37(31-38)34-13-4-3-5-14-34/h3-33H,1-2H3/i11D,19D,20D,25D,26D,27D,28D,32D. The molecule has 50 heavy (non-hydrogen) atoms. The molecule has 1 heteroatoms. The smallest absolute Gasteiger partial charge is 0.0651 e. The van der Waals surface area contributed by atoms with Crippen molar-refractivity contribution in [2.75, 3.05) is 4.90 Å². The van der Waals surface area contributed by atoms with Gasteiger partial charge in [-0.2, -0.15) is 0 Å². The summed E-state index contributed by atoms with van der Waals surface area (Å²) in [4.78, 5) is 1.45. The first kappa shape index (κ1) is 22.5. The molecule has 0 fully saturated rings. The second-order valence-corrected chi connectivity index (χ2v) is 13.2. The summed E-state index contributed by atoms with van der Waals surface area (Å²) in [6.07, 6.45) is 0. The summed E-state index contributed by atoms with van der Waals surface area (Å²) in [5.74, 6) is 0. The lowest BCUT2D eigenvalue weighted by molar-refractivity contribution is 0.660. The average Bonchev–Trinajstić information content (AvgIpc) is 3.47. The Bertz CT molecular complexity index is 2940. The van der Waals surface area contributed by atoms with Crippen molar-refractivity contribution in [2.45, 2.75) is 19.3 Å². The number of rotatable bonds is 6. The molecule has 9 rings (SSSR count). The van der Waals surface area contributed by atoms with Crippen molar-refractivity contribution >= 4 is 27.8 Å². The maximum atomic E-state index is 9.85. The second kappa shape index (κ2) is 12.1. The third-order valence-electron chi connectivity index (χ3n) is 9.81. The van der Waals surface area contributed by atoms with E-state index in [-0.39, 0.29) is 58.8 Å². The van der Waals surface area contributed by atoms with Crippen LogP contribution in [0.4, 0.5) is 17.1 Å². The predicted octanol–water partition coefficient (Wildman–Crippen LogP) is 13.6. The normalized spacial score (nSPS) is 15.0. The van der Waals surface area contributed by atoms with Crippen LogP contribution in [-0.4, -0.2) is 0 Å². The Kier molecular flexibility index (Phi) is 5.41. The van der Waals surface area contributed by atoms with Gasteiger partial charge in [-0.15, -0.1) is 0 Å². The van der Waals surface area contributed by atoms with E-state index in [0.29, 0.717) is 16.8 Å². The van der Waals surface area contributed by atoms with Gasteiger partial charge in [0, 0.05) is 22.5 Å². The van der Waals surface area contributed by atoms with Crippen LogP contribution in [0.15, 0.2) is 188 Å². The van der Waals surface area contributed by atoms with E-state index in [1.165, 1.54) is 4.90 Å². The first-order valence-corrected chi connectivity index (χ1v) is 16.8. The topological polar surface area (TPSA) is 3.24 Å². The lowest BCUT2D eigenvalue weighted by Gasteiger charge is -2.28. The van der Waals surface area contributed by atoms with Gasteiger partial charge in [-0.25, -0.2) is 0 Å². The van der Waals surface area contributed by atoms with Gasteiger partial charge in [0.1, 0.15) is 0 Å². The van der Waals surface area contributed by atoms with Crippen LogP contribution in [0.25, 0.3) is 55.3 Å². The highest BCUT2D eigenvalue weighted by Gasteiger charge is 2.35. The number of anilines is 3. The predicted molar refractivity (Wildman–Crippen MR) is 213 cm³/mol. The van der Waals surface area contributed by atoms with Crippen molar-refractivity contribution in [1.82, 2.24) is 0 Å². The van der Waals surface area contributed by atoms with E-state index in [1.807, 2.05) is 115 Å². The van der Waals surface area contributed by atoms with E-state index < -0.39 is 17.5 Å². The van der Waals surface area contributed by atoms with Gasteiger partial charge in [0.2, 0.25) is 0 Å². The largest absolute Gasteiger partial charge is 0.310 e. The summed E-state index contributed by atoms with van der Waals surface area (Å²) in [5.41, 5.74) is 6.98. The molecule has 0 saturated carbocycles. The molecule has 8 aromatic carbocycles. The number of benzene rings is 8. The van der Waals surface area contributed by atoms with Gasteiger partial charge in [0.15, 0.2) is 0 Å². The highest BCUT2D eigenvalue weighted by molar-refractivity contribution is 5.97. The molecule has 0 bridgehead atoms. The lowest BCUT2D eigenvalue weighted by atomic mass is 9.82. The van der Waals surface area contributed by atoms with Crippen LogP contribution in [0.2, 0.25) is 0 Å². The molecule has 0 aromatic heterocycles. The van der Waals surface area contributed by atoms with E-state index >= 15 is 0 Å². The van der Waals surface area contributed by atoms with Crippen molar-refractivity contribution < 1.29 is 11.0 Å². The maximum Gasteiger partial charge on any atom is 0.0651 e. The molecule has 0 amide bonds. The van der Waals surface area contributed by atoms with Crippen molar-refractivity contribution in [3.8, 4) is 44.5 Å². The SMILES string of the molecule is [2H]c1c([2H])c(-c2cccc3ccccc23)c([2H])c(N(c2ccc3c(c2)C(C)(C)c2ccccc2-3)c2c([2H])c([2H])c(-c3cccc(-c4ccccc4)c3)c([2H])c2[2H])c1[2H]. The number of fused-ring (bicyclic) bond motifs is 4. The highest BCUT2D eigenvalue weighted by atomic mass is 15.1. The van der Waals surface area contributed by atoms with Gasteiger partial charge in [0.25, 0.3) is 0 Å². The summed E-state index contributed by atoms with van der Waals surface area (Å²) in [6.45, 7) is 4.25. The minimum Gasteiger partial charge on any atom is -0.310 e. The van der Waals surface area contributed by atoms with Gasteiger partial charge in [-0.1, -0.05) is 159 Å². The summed E-state index contributed by atoms with van der Waals surface area (Å²) in [5, 5.41) is 1.65. The number of hydrogen-bond donors (Lipinski definition) is 0. The number of hydrogen-bond acceptors (Lipinski definition) is 1. The zero-order chi connectivity index (χ0) is 40.6. The van der Waals surface area contributed by atoms with Crippen LogP contribution >= 0.6 is 0 Å². The average molecular weight is 648 g/mol. The molecule has 0 aliphatic heterocycles. The fourth-order valence-electron chi connectivity index (χ4n) is 7.27. The quantitative estimate of drug-likeness (QED) is 0.174. The Morgan fingerprint density at radius 2 is 1.10 bits per heavy atom. The van der Waals surface area contributed by atoms with Crippen molar-refractivity contribution in [2.24, 2.45) is 0 Å². The van der Waals surface area contributed by atoms with E-state index in [9.17, 15) is 8.22 Å². The van der Waals surface area contributed by atoms with E-state index in [2.05, 4.69) is 26.0 Å². The lowest BCUT2D eigenvalue weighted by Crippen LogP contribution is -2.16. The van der Waals surface area contributed by atoms with Crippen LogP contribution in [0.1, 0.15) is 35.9 Å². The molecular formula is C49H37N. The highest BCUT2D eigenvalue weighted by Crippen LogP contribution is 2.50. The fourth-order valence-corrected chi connectivity index (χ4v) is 7.27. The molecule has 0 radical (unpaired) electrons. The molecule has 8 aromatic rings. The molecule has 238 valence electrons. The molecule has 0 spiro atoms. The van der Waals surface area contributed by atoms with Crippen LogP contribution in [0, 0.1) is 0 Å². The van der Waals surface area contributed by atoms with Crippen molar-refractivity contribution in [3.63, 3.8) is 0 Å². The monoisotopic (exact) mass is 647 g/mol.